The maximum atomic E-state index is 11.6. The summed E-state index contributed by atoms with van der Waals surface area (Å²) in [7, 11) is 0. The Hall–Kier alpha value is -0.220. The lowest BCUT2D eigenvalue weighted by Crippen LogP contribution is -2.53. The van der Waals surface area contributed by atoms with Gasteiger partial charge in [0.25, 0.3) is 0 Å². The number of thioether (sulfide) groups is 1. The third kappa shape index (κ3) is 2.89. The van der Waals surface area contributed by atoms with E-state index in [4.69, 9.17) is 5.73 Å². The minimum Gasteiger partial charge on any atom is -0.351 e. The van der Waals surface area contributed by atoms with Crippen LogP contribution in [0, 0.1) is 0 Å². The van der Waals surface area contributed by atoms with E-state index in [2.05, 4.69) is 11.6 Å². The first kappa shape index (κ1) is 11.9. The number of nitrogens with two attached hydrogens (primary N) is 1. The molecule has 1 aliphatic rings. The van der Waals surface area contributed by atoms with Crippen LogP contribution in [0.1, 0.15) is 33.1 Å². The summed E-state index contributed by atoms with van der Waals surface area (Å²) in [4.78, 5) is 11.6. The summed E-state index contributed by atoms with van der Waals surface area (Å²) >= 11 is 1.84. The standard InChI is InChI=1S/C10H20N2OS/c1-10(2,11)9(13)12-7-5-4-6-8(7)14-3/h7-8H,4-6,11H2,1-3H3,(H,12,13). The predicted molar refractivity (Wildman–Crippen MR) is 61.4 cm³/mol. The summed E-state index contributed by atoms with van der Waals surface area (Å²) < 4.78 is 0. The van der Waals surface area contributed by atoms with Gasteiger partial charge in [-0.3, -0.25) is 4.79 Å². The van der Waals surface area contributed by atoms with E-state index in [1.165, 1.54) is 12.8 Å². The summed E-state index contributed by atoms with van der Waals surface area (Å²) in [5.74, 6) is -0.0385. The van der Waals surface area contributed by atoms with Gasteiger partial charge in [-0.05, 0) is 32.9 Å². The molecule has 1 saturated carbocycles. The summed E-state index contributed by atoms with van der Waals surface area (Å²) in [5.41, 5.74) is 4.97. The highest BCUT2D eigenvalue weighted by Gasteiger charge is 2.31. The molecule has 14 heavy (non-hydrogen) atoms. The van der Waals surface area contributed by atoms with Crippen molar-refractivity contribution in [1.82, 2.24) is 5.32 Å². The van der Waals surface area contributed by atoms with Gasteiger partial charge in [0, 0.05) is 11.3 Å². The molecule has 0 spiro atoms. The quantitative estimate of drug-likeness (QED) is 0.743. The molecule has 1 fully saturated rings. The van der Waals surface area contributed by atoms with E-state index in [9.17, 15) is 4.79 Å². The van der Waals surface area contributed by atoms with Gasteiger partial charge in [-0.1, -0.05) is 6.42 Å². The Kier molecular flexibility index (Phi) is 3.84. The summed E-state index contributed by atoms with van der Waals surface area (Å²) in [5, 5.41) is 3.61. The van der Waals surface area contributed by atoms with Gasteiger partial charge in [0.1, 0.15) is 0 Å². The van der Waals surface area contributed by atoms with Gasteiger partial charge >= 0.3 is 0 Å². The molecule has 3 nitrogen and oxygen atoms in total. The monoisotopic (exact) mass is 216 g/mol. The number of carbonyl (C=O) groups excluding carboxylic acids is 1. The maximum Gasteiger partial charge on any atom is 0.239 e. The summed E-state index contributed by atoms with van der Waals surface area (Å²) in [6.45, 7) is 3.48. The van der Waals surface area contributed by atoms with Crippen molar-refractivity contribution in [2.75, 3.05) is 6.26 Å². The highest BCUT2D eigenvalue weighted by molar-refractivity contribution is 7.99. The van der Waals surface area contributed by atoms with Crippen molar-refractivity contribution < 1.29 is 4.79 Å². The molecular formula is C10H20N2OS. The fraction of sp³-hybridized carbons (Fsp3) is 0.900. The molecule has 82 valence electrons. The Labute approximate surface area is 90.2 Å². The van der Waals surface area contributed by atoms with Crippen LogP contribution in [0.25, 0.3) is 0 Å². The predicted octanol–water partition coefficient (Wildman–Crippen LogP) is 1.12. The van der Waals surface area contributed by atoms with Crippen LogP contribution < -0.4 is 11.1 Å². The number of rotatable bonds is 3. The van der Waals surface area contributed by atoms with Gasteiger partial charge in [-0.15, -0.1) is 0 Å². The van der Waals surface area contributed by atoms with Gasteiger partial charge in [0.2, 0.25) is 5.91 Å². The lowest BCUT2D eigenvalue weighted by Gasteiger charge is -2.24. The van der Waals surface area contributed by atoms with Crippen LogP contribution in [-0.2, 0) is 4.79 Å². The smallest absolute Gasteiger partial charge is 0.239 e. The first-order valence-electron chi connectivity index (χ1n) is 5.08. The Morgan fingerprint density at radius 3 is 2.64 bits per heavy atom. The molecule has 0 heterocycles. The highest BCUT2D eigenvalue weighted by Crippen LogP contribution is 2.28. The highest BCUT2D eigenvalue weighted by atomic mass is 32.2. The van der Waals surface area contributed by atoms with E-state index >= 15 is 0 Å². The van der Waals surface area contributed by atoms with Crippen LogP contribution in [0.4, 0.5) is 0 Å². The molecule has 4 heteroatoms. The Morgan fingerprint density at radius 2 is 2.14 bits per heavy atom. The third-order valence-corrected chi connectivity index (χ3v) is 3.83. The average Bonchev–Trinajstić information content (AvgIpc) is 2.50. The van der Waals surface area contributed by atoms with Crippen LogP contribution >= 0.6 is 11.8 Å². The lowest BCUT2D eigenvalue weighted by atomic mass is 10.1. The molecule has 1 rings (SSSR count). The SMILES string of the molecule is CSC1CCCC1NC(=O)C(C)(C)N. The van der Waals surface area contributed by atoms with Crippen LogP contribution in [0.15, 0.2) is 0 Å². The Morgan fingerprint density at radius 1 is 1.50 bits per heavy atom. The van der Waals surface area contributed by atoms with Crippen LogP contribution in [0.2, 0.25) is 0 Å². The molecule has 0 saturated heterocycles. The molecule has 2 atom stereocenters. The minimum absolute atomic E-state index is 0.0385. The number of hydrogen-bond acceptors (Lipinski definition) is 3. The van der Waals surface area contributed by atoms with Crippen LogP contribution in [-0.4, -0.2) is 29.0 Å². The van der Waals surface area contributed by atoms with Crippen molar-refractivity contribution in [3.63, 3.8) is 0 Å². The summed E-state index contributed by atoms with van der Waals surface area (Å²) in [6, 6.07) is 0.320. The molecule has 0 aromatic heterocycles. The third-order valence-electron chi connectivity index (χ3n) is 2.66. The van der Waals surface area contributed by atoms with Crippen molar-refractivity contribution in [1.29, 1.82) is 0 Å². The fourth-order valence-corrected chi connectivity index (χ4v) is 2.66. The van der Waals surface area contributed by atoms with Crippen LogP contribution in [0.5, 0.6) is 0 Å². The zero-order chi connectivity index (χ0) is 10.8. The molecule has 0 aliphatic heterocycles. The second-order valence-electron chi connectivity index (χ2n) is 4.51. The largest absolute Gasteiger partial charge is 0.351 e. The van der Waals surface area contributed by atoms with Crippen molar-refractivity contribution in [2.24, 2.45) is 5.73 Å². The van der Waals surface area contributed by atoms with Crippen molar-refractivity contribution in [3.8, 4) is 0 Å². The first-order valence-corrected chi connectivity index (χ1v) is 6.36. The van der Waals surface area contributed by atoms with Crippen molar-refractivity contribution >= 4 is 17.7 Å². The van der Waals surface area contributed by atoms with Gasteiger partial charge in [0.05, 0.1) is 5.54 Å². The molecule has 2 unspecified atom stereocenters. The number of carbonyl (C=O) groups is 1. The molecular weight excluding hydrogens is 196 g/mol. The Balaban J connectivity index is 2.48. The van der Waals surface area contributed by atoms with Gasteiger partial charge < -0.3 is 11.1 Å². The Bertz CT molecular complexity index is 213. The minimum atomic E-state index is -0.758. The average molecular weight is 216 g/mol. The molecule has 0 aromatic carbocycles. The van der Waals surface area contributed by atoms with E-state index in [1.54, 1.807) is 13.8 Å². The zero-order valence-corrected chi connectivity index (χ0v) is 9.99. The van der Waals surface area contributed by atoms with E-state index < -0.39 is 5.54 Å². The molecule has 0 bridgehead atoms. The lowest BCUT2D eigenvalue weighted by molar-refractivity contribution is -0.125. The first-order chi connectivity index (χ1) is 6.45. The van der Waals surface area contributed by atoms with Crippen molar-refractivity contribution in [2.45, 2.75) is 49.9 Å². The normalized spacial score (nSPS) is 27.7. The van der Waals surface area contributed by atoms with E-state index in [1.807, 2.05) is 11.8 Å². The number of nitrogens with one attached hydrogen (secondary N) is 1. The van der Waals surface area contributed by atoms with E-state index in [0.29, 0.717) is 11.3 Å². The fourth-order valence-electron chi connectivity index (χ4n) is 1.73. The van der Waals surface area contributed by atoms with Gasteiger partial charge in [-0.25, -0.2) is 0 Å². The van der Waals surface area contributed by atoms with Crippen LogP contribution in [0.3, 0.4) is 0 Å². The van der Waals surface area contributed by atoms with E-state index in [0.717, 1.165) is 6.42 Å². The second-order valence-corrected chi connectivity index (χ2v) is 5.58. The van der Waals surface area contributed by atoms with Crippen molar-refractivity contribution in [3.05, 3.63) is 0 Å². The topological polar surface area (TPSA) is 55.1 Å². The maximum absolute atomic E-state index is 11.6. The van der Waals surface area contributed by atoms with Gasteiger partial charge in [0.15, 0.2) is 0 Å². The molecule has 1 amide bonds. The molecule has 0 aromatic rings. The molecule has 0 radical (unpaired) electrons. The number of hydrogen-bond donors (Lipinski definition) is 2. The second kappa shape index (κ2) is 4.53. The van der Waals surface area contributed by atoms with E-state index in [-0.39, 0.29) is 5.91 Å². The zero-order valence-electron chi connectivity index (χ0n) is 9.17. The van der Waals surface area contributed by atoms with Gasteiger partial charge in [-0.2, -0.15) is 11.8 Å². The molecule has 3 N–H and O–H groups in total. The molecule has 1 aliphatic carbocycles. The number of amides is 1. The summed E-state index contributed by atoms with van der Waals surface area (Å²) in [6.07, 6.45) is 5.61.